The molecule has 0 radical (unpaired) electrons. The van der Waals surface area contributed by atoms with Gasteiger partial charge in [0.15, 0.2) is 41.3 Å². The number of β-lactam (4-membered cyclic amide) rings is 1. The molecular weight excluding hydrogens is 701 g/mol. The number of thiazole rings is 1. The van der Waals surface area contributed by atoms with E-state index in [-0.39, 0.29) is 33.8 Å². The average molecular weight is 732 g/mol. The minimum atomic E-state index is -1.78. The number of carboxylic acid groups (broad SMARTS) is 2. The first-order valence-electron chi connectivity index (χ1n) is 15.3. The fourth-order valence-electron chi connectivity index (χ4n) is 5.31. The Balaban J connectivity index is 1.14. The predicted octanol–water partition coefficient (Wildman–Crippen LogP) is 2.66. The molecule has 0 bridgehead atoms. The number of phenols is 2. The number of carbonyl (C=O) groups excluding carboxylic acids is 2. The molecule has 1 saturated heterocycles. The number of fused-ring (bicyclic) bond motifs is 2. The summed E-state index contributed by atoms with van der Waals surface area (Å²) >= 11 is 2.29. The smallest absolute Gasteiger partial charge is 0.352 e. The van der Waals surface area contributed by atoms with Gasteiger partial charge in [0.2, 0.25) is 5.60 Å². The summed E-state index contributed by atoms with van der Waals surface area (Å²) in [7, 11) is 0. The maximum atomic E-state index is 13.3. The highest BCUT2D eigenvalue weighted by atomic mass is 32.2. The highest BCUT2D eigenvalue weighted by Gasteiger charge is 2.54. The largest absolute Gasteiger partial charge is 0.504 e. The standard InChI is InChI=1S/C34H30N6O9S2/c1-34(2,32(47)48)49-38-24(22-16-51-33(35)36-22)28(43)37-25-29(44)40-26(31(45)46)20(15-50-30(25)40)8-7-17-3-5-18(6-4-17)13-39-12-11-21-19(14-39)9-10-23(41)27(21)42/h3-12,14,16,25,30H,13,15H2,1-2H3,(H6,35,36,37,42,43,45,46,47,48)/p+1/b8-7+,38-24-. The van der Waals surface area contributed by atoms with Crippen molar-refractivity contribution in [2.75, 3.05) is 11.5 Å². The molecule has 2 aromatic carbocycles. The van der Waals surface area contributed by atoms with Gasteiger partial charge in [-0.05, 0) is 37.1 Å². The van der Waals surface area contributed by atoms with Crippen LogP contribution in [0.4, 0.5) is 5.13 Å². The van der Waals surface area contributed by atoms with Gasteiger partial charge in [0, 0.05) is 33.5 Å². The van der Waals surface area contributed by atoms with Crippen LogP contribution in [0.5, 0.6) is 11.5 Å². The zero-order valence-electron chi connectivity index (χ0n) is 27.0. The zero-order valence-corrected chi connectivity index (χ0v) is 28.6. The van der Waals surface area contributed by atoms with E-state index in [9.17, 15) is 39.6 Å². The van der Waals surface area contributed by atoms with Gasteiger partial charge in [-0.25, -0.2) is 19.1 Å². The summed E-state index contributed by atoms with van der Waals surface area (Å²) in [5.41, 5.74) is 5.56. The lowest BCUT2D eigenvalue weighted by Gasteiger charge is -2.49. The number of nitrogens with zero attached hydrogens (tertiary/aromatic N) is 4. The van der Waals surface area contributed by atoms with Crippen molar-refractivity contribution in [2.24, 2.45) is 5.16 Å². The van der Waals surface area contributed by atoms with E-state index < -0.39 is 46.5 Å². The summed E-state index contributed by atoms with van der Waals surface area (Å²) in [4.78, 5) is 60.8. The van der Waals surface area contributed by atoms with E-state index in [0.717, 1.165) is 32.7 Å². The van der Waals surface area contributed by atoms with Crippen LogP contribution in [0.15, 0.2) is 82.7 Å². The molecule has 0 aliphatic carbocycles. The lowest BCUT2D eigenvalue weighted by atomic mass is 10.0. The molecule has 0 saturated carbocycles. The molecule has 15 nitrogen and oxygen atoms in total. The minimum Gasteiger partial charge on any atom is -0.504 e. The van der Waals surface area contributed by atoms with Gasteiger partial charge in [-0.15, -0.1) is 23.1 Å². The number of hydrogen-bond acceptors (Lipinski definition) is 12. The maximum absolute atomic E-state index is 13.3. The van der Waals surface area contributed by atoms with Crippen LogP contribution in [-0.2, 0) is 30.6 Å². The van der Waals surface area contributed by atoms with Gasteiger partial charge in [-0.2, -0.15) is 0 Å². The van der Waals surface area contributed by atoms with Crippen molar-refractivity contribution >= 4 is 74.5 Å². The molecule has 51 heavy (non-hydrogen) atoms. The number of nitrogens with two attached hydrogens (primary N) is 1. The number of carboxylic acids is 2. The van der Waals surface area contributed by atoms with E-state index in [2.05, 4.69) is 15.5 Å². The number of aliphatic carboxylic acids is 2. The predicted molar refractivity (Wildman–Crippen MR) is 188 cm³/mol. The second kappa shape index (κ2) is 13.8. The lowest BCUT2D eigenvalue weighted by molar-refractivity contribution is -0.687. The molecule has 0 spiro atoms. The Bertz CT molecular complexity index is 2180. The molecule has 2 aliphatic rings. The van der Waals surface area contributed by atoms with Crippen LogP contribution >= 0.6 is 23.1 Å². The Labute approximate surface area is 298 Å². The monoisotopic (exact) mass is 731 g/mol. The SMILES string of the molecule is CC(C)(O/N=C(\C(=O)NC1C(=O)N2C(C(=O)O)=C(/C=C/c3ccc(C[n+]4ccc5c(O)c(O)ccc5c4)cc3)CSC12)c1csc(N)n1)C(=O)O. The van der Waals surface area contributed by atoms with E-state index >= 15 is 0 Å². The van der Waals surface area contributed by atoms with Crippen molar-refractivity contribution in [3.63, 3.8) is 0 Å². The quantitative estimate of drug-likeness (QED) is 0.0430. The summed E-state index contributed by atoms with van der Waals surface area (Å²) in [6.07, 6.45) is 7.08. The Morgan fingerprint density at radius 3 is 2.55 bits per heavy atom. The number of nitrogens with one attached hydrogen (secondary N) is 1. The molecule has 7 N–H and O–H groups in total. The number of thioether (sulfide) groups is 1. The van der Waals surface area contributed by atoms with Crippen molar-refractivity contribution in [2.45, 2.75) is 37.4 Å². The number of amides is 2. The number of hydrogen-bond donors (Lipinski definition) is 6. The third-order valence-electron chi connectivity index (χ3n) is 8.14. The van der Waals surface area contributed by atoms with Crippen LogP contribution in [0, 0.1) is 0 Å². The average Bonchev–Trinajstić information content (AvgIpc) is 3.53. The van der Waals surface area contributed by atoms with Crippen LogP contribution in [0.2, 0.25) is 0 Å². The third kappa shape index (κ3) is 7.06. The Morgan fingerprint density at radius 1 is 1.14 bits per heavy atom. The van der Waals surface area contributed by atoms with Crippen LogP contribution in [0.1, 0.15) is 30.7 Å². The van der Waals surface area contributed by atoms with Crippen molar-refractivity contribution < 1.29 is 49.0 Å². The molecule has 262 valence electrons. The number of carbonyl (C=O) groups is 4. The number of rotatable bonds is 11. The zero-order chi connectivity index (χ0) is 36.6. The number of anilines is 1. The van der Waals surface area contributed by atoms with E-state index in [1.54, 1.807) is 30.5 Å². The molecule has 2 aliphatic heterocycles. The fraction of sp³-hybridized carbons (Fsp3) is 0.206. The van der Waals surface area contributed by atoms with Crippen LogP contribution in [0.3, 0.4) is 0 Å². The molecule has 1 fully saturated rings. The number of pyridine rings is 1. The number of allylic oxidation sites excluding steroid dienone is 1. The summed E-state index contributed by atoms with van der Waals surface area (Å²) in [5, 5.41) is 47.7. The second-order valence-corrected chi connectivity index (χ2v) is 14.1. The number of benzene rings is 2. The van der Waals surface area contributed by atoms with Crippen LogP contribution in [-0.4, -0.2) is 82.5 Å². The maximum Gasteiger partial charge on any atom is 0.352 e. The van der Waals surface area contributed by atoms with E-state index in [4.69, 9.17) is 10.6 Å². The summed E-state index contributed by atoms with van der Waals surface area (Å²) in [6.45, 7) is 3.03. The minimum absolute atomic E-state index is 0.0122. The number of aromatic nitrogens is 2. The third-order valence-corrected chi connectivity index (χ3v) is 10.1. The Kier molecular flexibility index (Phi) is 9.42. The van der Waals surface area contributed by atoms with E-state index in [1.807, 2.05) is 35.0 Å². The molecule has 2 aromatic heterocycles. The molecular formula is C34H31N6O9S2+. The van der Waals surface area contributed by atoms with E-state index in [0.29, 0.717) is 17.5 Å². The Morgan fingerprint density at radius 2 is 1.88 bits per heavy atom. The molecule has 4 aromatic rings. The van der Waals surface area contributed by atoms with Gasteiger partial charge in [0.1, 0.15) is 22.8 Å². The second-order valence-electron chi connectivity index (χ2n) is 12.1. The van der Waals surface area contributed by atoms with Crippen molar-refractivity contribution in [1.82, 2.24) is 15.2 Å². The summed E-state index contributed by atoms with van der Waals surface area (Å²) in [5.74, 6) is -4.26. The van der Waals surface area contributed by atoms with E-state index in [1.165, 1.54) is 37.1 Å². The highest BCUT2D eigenvalue weighted by molar-refractivity contribution is 8.00. The first-order valence-corrected chi connectivity index (χ1v) is 17.2. The highest BCUT2D eigenvalue weighted by Crippen LogP contribution is 2.41. The number of oxime groups is 1. The molecule has 4 heterocycles. The molecule has 6 rings (SSSR count). The van der Waals surface area contributed by atoms with Crippen LogP contribution in [0.25, 0.3) is 16.8 Å². The Hall–Kier alpha value is -5.94. The molecule has 2 amide bonds. The van der Waals surface area contributed by atoms with Crippen molar-refractivity contribution in [1.29, 1.82) is 0 Å². The van der Waals surface area contributed by atoms with Gasteiger partial charge in [0.05, 0.1) is 0 Å². The van der Waals surface area contributed by atoms with Gasteiger partial charge in [-0.3, -0.25) is 14.5 Å². The van der Waals surface area contributed by atoms with Crippen LogP contribution < -0.4 is 15.6 Å². The fourth-order valence-corrected chi connectivity index (χ4v) is 7.18. The summed E-state index contributed by atoms with van der Waals surface area (Å²) < 4.78 is 1.94. The van der Waals surface area contributed by atoms with Crippen molar-refractivity contribution in [3.05, 3.63) is 94.4 Å². The molecule has 2 unspecified atom stereocenters. The topological polar surface area (TPSA) is 229 Å². The first-order chi connectivity index (χ1) is 24.2. The number of nitrogen functional groups attached to an aromatic ring is 1. The van der Waals surface area contributed by atoms with Gasteiger partial charge in [0.25, 0.3) is 11.8 Å². The number of phenolic OH excluding ortho intramolecular Hbond substituents is 2. The van der Waals surface area contributed by atoms with Crippen molar-refractivity contribution in [3.8, 4) is 11.5 Å². The number of aromatic hydroxyl groups is 2. The van der Waals surface area contributed by atoms with Gasteiger partial charge < -0.3 is 36.3 Å². The van der Waals surface area contributed by atoms with Gasteiger partial charge in [-0.1, -0.05) is 41.6 Å². The molecule has 2 atom stereocenters. The summed E-state index contributed by atoms with van der Waals surface area (Å²) in [6, 6.07) is 11.4. The first kappa shape index (κ1) is 34.9. The normalized spacial score (nSPS) is 17.7. The van der Waals surface area contributed by atoms with Gasteiger partial charge >= 0.3 is 11.9 Å². The lowest BCUT2D eigenvalue weighted by Crippen LogP contribution is -2.71. The molecule has 17 heteroatoms.